The maximum absolute atomic E-state index is 12.3. The summed E-state index contributed by atoms with van der Waals surface area (Å²) in [6.07, 6.45) is 2.01. The summed E-state index contributed by atoms with van der Waals surface area (Å²) in [5.74, 6) is 0.419. The van der Waals surface area contributed by atoms with Gasteiger partial charge in [0, 0.05) is 35.2 Å². The number of aromatic nitrogens is 1. The molecule has 0 aliphatic carbocycles. The molecule has 2 heterocycles. The molecule has 0 spiro atoms. The highest BCUT2D eigenvalue weighted by Crippen LogP contribution is 2.21. The van der Waals surface area contributed by atoms with Crippen LogP contribution in [0.4, 0.5) is 0 Å². The van der Waals surface area contributed by atoms with Gasteiger partial charge < -0.3 is 15.0 Å². The van der Waals surface area contributed by atoms with Gasteiger partial charge in [0.1, 0.15) is 5.69 Å². The van der Waals surface area contributed by atoms with Gasteiger partial charge in [0.15, 0.2) is 0 Å². The molecule has 1 atom stereocenters. The number of nitrogens with one attached hydrogen (secondary N) is 2. The van der Waals surface area contributed by atoms with Crippen molar-refractivity contribution in [3.8, 4) is 0 Å². The van der Waals surface area contributed by atoms with Crippen molar-refractivity contribution in [1.29, 1.82) is 0 Å². The zero-order valence-electron chi connectivity index (χ0n) is 12.0. The summed E-state index contributed by atoms with van der Waals surface area (Å²) >= 11 is 5.97. The van der Waals surface area contributed by atoms with Crippen LogP contribution >= 0.6 is 11.6 Å². The number of ether oxygens (including phenoxy) is 1. The highest BCUT2D eigenvalue weighted by Gasteiger charge is 2.22. The fourth-order valence-corrected chi connectivity index (χ4v) is 3.02. The van der Waals surface area contributed by atoms with Crippen LogP contribution < -0.4 is 5.32 Å². The molecule has 1 aliphatic heterocycles. The third kappa shape index (κ3) is 3.22. The lowest BCUT2D eigenvalue weighted by Gasteiger charge is -2.28. The monoisotopic (exact) mass is 306 g/mol. The fraction of sp³-hybridized carbons (Fsp3) is 0.438. The van der Waals surface area contributed by atoms with Gasteiger partial charge in [0.05, 0.1) is 0 Å². The van der Waals surface area contributed by atoms with Crippen LogP contribution in [0.3, 0.4) is 0 Å². The summed E-state index contributed by atoms with van der Waals surface area (Å²) in [5.41, 5.74) is 1.49. The number of carbonyl (C=O) groups is 1. The first kappa shape index (κ1) is 14.4. The van der Waals surface area contributed by atoms with E-state index in [9.17, 15) is 4.79 Å². The van der Waals surface area contributed by atoms with Crippen molar-refractivity contribution in [1.82, 2.24) is 10.3 Å². The zero-order valence-corrected chi connectivity index (χ0v) is 12.7. The maximum Gasteiger partial charge on any atom is 0.267 e. The Morgan fingerprint density at radius 2 is 2.14 bits per heavy atom. The molecule has 112 valence electrons. The van der Waals surface area contributed by atoms with Crippen LogP contribution in [0.25, 0.3) is 10.9 Å². The standard InChI is InChI=1S/C16H19ClN2O2/c1-10(11-4-6-21-7-5-11)18-16(20)15-9-12-8-13(17)2-3-14(12)19-15/h2-3,8-11,19H,4-7H2,1H3,(H,18,20). The molecule has 1 fully saturated rings. The van der Waals surface area contributed by atoms with E-state index in [0.29, 0.717) is 16.6 Å². The van der Waals surface area contributed by atoms with E-state index in [1.807, 2.05) is 24.3 Å². The summed E-state index contributed by atoms with van der Waals surface area (Å²) in [6.45, 7) is 3.64. The van der Waals surface area contributed by atoms with E-state index < -0.39 is 0 Å². The van der Waals surface area contributed by atoms with E-state index >= 15 is 0 Å². The van der Waals surface area contributed by atoms with Crippen molar-refractivity contribution in [2.45, 2.75) is 25.8 Å². The van der Waals surface area contributed by atoms with Gasteiger partial charge in [-0.1, -0.05) is 11.6 Å². The largest absolute Gasteiger partial charge is 0.381 e. The number of fused-ring (bicyclic) bond motifs is 1. The number of rotatable bonds is 3. The van der Waals surface area contributed by atoms with Gasteiger partial charge in [0.2, 0.25) is 0 Å². The van der Waals surface area contributed by atoms with Gasteiger partial charge in [-0.05, 0) is 49.9 Å². The molecule has 2 N–H and O–H groups in total. The average molecular weight is 307 g/mol. The number of carbonyl (C=O) groups excluding carboxylic acids is 1. The number of hydrogen-bond acceptors (Lipinski definition) is 2. The minimum absolute atomic E-state index is 0.0682. The van der Waals surface area contributed by atoms with Crippen LogP contribution in [0.15, 0.2) is 24.3 Å². The average Bonchev–Trinajstić information content (AvgIpc) is 2.91. The lowest BCUT2D eigenvalue weighted by atomic mass is 9.93. The van der Waals surface area contributed by atoms with Crippen LogP contribution in [-0.4, -0.2) is 30.1 Å². The van der Waals surface area contributed by atoms with Crippen LogP contribution in [0, 0.1) is 5.92 Å². The Hall–Kier alpha value is -1.52. The van der Waals surface area contributed by atoms with Gasteiger partial charge in [-0.3, -0.25) is 4.79 Å². The molecule has 5 heteroatoms. The second-order valence-electron chi connectivity index (χ2n) is 5.63. The van der Waals surface area contributed by atoms with Gasteiger partial charge in [-0.15, -0.1) is 0 Å². The van der Waals surface area contributed by atoms with Gasteiger partial charge in [-0.25, -0.2) is 0 Å². The molecule has 1 aromatic carbocycles. The summed E-state index contributed by atoms with van der Waals surface area (Å²) in [6, 6.07) is 7.54. The highest BCUT2D eigenvalue weighted by atomic mass is 35.5. The second-order valence-corrected chi connectivity index (χ2v) is 6.06. The molecule has 1 aromatic heterocycles. The molecule has 3 rings (SSSR count). The Morgan fingerprint density at radius 3 is 2.90 bits per heavy atom. The van der Waals surface area contributed by atoms with Gasteiger partial charge in [-0.2, -0.15) is 0 Å². The third-order valence-corrected chi connectivity index (χ3v) is 4.39. The van der Waals surface area contributed by atoms with Crippen molar-refractivity contribution in [2.75, 3.05) is 13.2 Å². The van der Waals surface area contributed by atoms with E-state index in [1.165, 1.54) is 0 Å². The summed E-state index contributed by atoms with van der Waals surface area (Å²) < 4.78 is 5.36. The molecule has 1 amide bonds. The first-order valence-corrected chi connectivity index (χ1v) is 7.68. The van der Waals surface area contributed by atoms with E-state index in [2.05, 4.69) is 17.2 Å². The molecule has 0 saturated carbocycles. The molecular weight excluding hydrogens is 288 g/mol. The number of hydrogen-bond donors (Lipinski definition) is 2. The van der Waals surface area contributed by atoms with Crippen molar-refractivity contribution < 1.29 is 9.53 Å². The third-order valence-electron chi connectivity index (χ3n) is 4.16. The van der Waals surface area contributed by atoms with Crippen molar-refractivity contribution in [3.63, 3.8) is 0 Å². The molecule has 0 bridgehead atoms. The molecule has 1 aliphatic rings. The van der Waals surface area contributed by atoms with Crippen LogP contribution in [0.5, 0.6) is 0 Å². The Morgan fingerprint density at radius 1 is 1.38 bits per heavy atom. The molecule has 2 aromatic rings. The Balaban J connectivity index is 1.71. The Bertz CT molecular complexity index is 647. The lowest BCUT2D eigenvalue weighted by molar-refractivity contribution is 0.0538. The first-order valence-electron chi connectivity index (χ1n) is 7.30. The van der Waals surface area contributed by atoms with Gasteiger partial charge in [0.25, 0.3) is 5.91 Å². The van der Waals surface area contributed by atoms with Crippen molar-refractivity contribution in [3.05, 3.63) is 35.0 Å². The highest BCUT2D eigenvalue weighted by molar-refractivity contribution is 6.31. The number of halogens is 1. The normalized spacial score (nSPS) is 17.8. The molecule has 0 radical (unpaired) electrons. The molecular formula is C16H19ClN2O2. The van der Waals surface area contributed by atoms with E-state index in [1.54, 1.807) is 0 Å². The predicted octanol–water partition coefficient (Wildman–Crippen LogP) is 3.37. The summed E-state index contributed by atoms with van der Waals surface area (Å²) in [7, 11) is 0. The minimum Gasteiger partial charge on any atom is -0.381 e. The molecule has 21 heavy (non-hydrogen) atoms. The predicted molar refractivity (Wildman–Crippen MR) is 83.8 cm³/mol. The maximum atomic E-state index is 12.3. The van der Waals surface area contributed by atoms with Crippen molar-refractivity contribution >= 4 is 28.4 Å². The minimum atomic E-state index is -0.0682. The molecule has 4 nitrogen and oxygen atoms in total. The van der Waals surface area contributed by atoms with E-state index in [4.69, 9.17) is 16.3 Å². The van der Waals surface area contributed by atoms with Crippen LogP contribution in [0.1, 0.15) is 30.3 Å². The Kier molecular flexibility index (Phi) is 4.17. The van der Waals surface area contributed by atoms with E-state index in [0.717, 1.165) is 37.0 Å². The Labute approximate surface area is 128 Å². The first-order chi connectivity index (χ1) is 10.1. The fourth-order valence-electron chi connectivity index (χ4n) is 2.84. The van der Waals surface area contributed by atoms with Crippen molar-refractivity contribution in [2.24, 2.45) is 5.92 Å². The quantitative estimate of drug-likeness (QED) is 0.913. The summed E-state index contributed by atoms with van der Waals surface area (Å²) in [5, 5.41) is 4.70. The summed E-state index contributed by atoms with van der Waals surface area (Å²) in [4.78, 5) is 15.5. The lowest BCUT2D eigenvalue weighted by Crippen LogP contribution is -2.40. The molecule has 1 unspecified atom stereocenters. The van der Waals surface area contributed by atoms with Gasteiger partial charge >= 0.3 is 0 Å². The SMILES string of the molecule is CC(NC(=O)c1cc2cc(Cl)ccc2[nH]1)C1CCOCC1. The van der Waals surface area contributed by atoms with Crippen LogP contribution in [-0.2, 0) is 4.74 Å². The number of benzene rings is 1. The number of H-pyrrole nitrogens is 1. The zero-order chi connectivity index (χ0) is 14.8. The smallest absolute Gasteiger partial charge is 0.267 e. The molecule has 1 saturated heterocycles. The number of amides is 1. The topological polar surface area (TPSA) is 54.1 Å². The van der Waals surface area contributed by atoms with Crippen LogP contribution in [0.2, 0.25) is 5.02 Å². The second kappa shape index (κ2) is 6.08. The number of aromatic amines is 1. The van der Waals surface area contributed by atoms with E-state index in [-0.39, 0.29) is 11.9 Å².